The van der Waals surface area contributed by atoms with E-state index in [1.807, 2.05) is 12.3 Å². The third-order valence-corrected chi connectivity index (χ3v) is 2.57. The van der Waals surface area contributed by atoms with Crippen molar-refractivity contribution >= 4 is 5.69 Å². The summed E-state index contributed by atoms with van der Waals surface area (Å²) in [6.07, 6.45) is 3.03. The van der Waals surface area contributed by atoms with E-state index in [4.69, 9.17) is 0 Å². The quantitative estimate of drug-likeness (QED) is 0.837. The predicted molar refractivity (Wildman–Crippen MR) is 78.8 cm³/mol. The Labute approximate surface area is 112 Å². The van der Waals surface area contributed by atoms with Gasteiger partial charge >= 0.3 is 0 Å². The van der Waals surface area contributed by atoms with E-state index in [1.54, 1.807) is 0 Å². The summed E-state index contributed by atoms with van der Waals surface area (Å²) in [6.45, 7) is 11.9. The molecule has 1 aromatic rings. The second kappa shape index (κ2) is 6.74. The molecule has 0 atom stereocenters. The Kier molecular flexibility index (Phi) is 5.60. The number of pyridine rings is 1. The molecule has 0 saturated carbocycles. The standard InChI is InChI=1S/C15H27N3/c1-6-8-16-13-7-9-17-14(10-13)11-18(5)12-15(2,3)4/h7,9-10H,6,8,11-12H2,1-5H3,(H,16,17). The summed E-state index contributed by atoms with van der Waals surface area (Å²) in [7, 11) is 2.15. The first-order valence-corrected chi connectivity index (χ1v) is 6.78. The van der Waals surface area contributed by atoms with Crippen LogP contribution in [0.3, 0.4) is 0 Å². The summed E-state index contributed by atoms with van der Waals surface area (Å²) in [5.41, 5.74) is 2.63. The molecule has 102 valence electrons. The second-order valence-electron chi connectivity index (χ2n) is 6.20. The molecule has 1 aromatic heterocycles. The highest BCUT2D eigenvalue weighted by Crippen LogP contribution is 2.16. The first-order valence-electron chi connectivity index (χ1n) is 6.78. The van der Waals surface area contributed by atoms with Crippen LogP contribution in [0.15, 0.2) is 18.3 Å². The van der Waals surface area contributed by atoms with E-state index >= 15 is 0 Å². The van der Waals surface area contributed by atoms with Crippen LogP contribution in [0, 0.1) is 5.41 Å². The molecule has 0 amide bonds. The van der Waals surface area contributed by atoms with E-state index in [0.717, 1.165) is 31.7 Å². The Morgan fingerprint density at radius 1 is 1.33 bits per heavy atom. The van der Waals surface area contributed by atoms with Crippen LogP contribution in [-0.4, -0.2) is 30.0 Å². The molecule has 1 rings (SSSR count). The normalized spacial score (nSPS) is 11.9. The molecule has 0 spiro atoms. The first-order chi connectivity index (χ1) is 8.40. The minimum atomic E-state index is 0.326. The van der Waals surface area contributed by atoms with Gasteiger partial charge in [0, 0.05) is 31.5 Å². The molecule has 1 heterocycles. The van der Waals surface area contributed by atoms with Gasteiger partial charge in [0.15, 0.2) is 0 Å². The summed E-state index contributed by atoms with van der Waals surface area (Å²) in [5, 5.41) is 3.40. The van der Waals surface area contributed by atoms with Crippen molar-refractivity contribution in [2.24, 2.45) is 5.41 Å². The van der Waals surface area contributed by atoms with Crippen LogP contribution in [0.5, 0.6) is 0 Å². The molecule has 0 fully saturated rings. The van der Waals surface area contributed by atoms with Crippen LogP contribution < -0.4 is 5.32 Å². The van der Waals surface area contributed by atoms with E-state index < -0.39 is 0 Å². The summed E-state index contributed by atoms with van der Waals surface area (Å²) < 4.78 is 0. The van der Waals surface area contributed by atoms with Crippen LogP contribution in [0.25, 0.3) is 0 Å². The fraction of sp³-hybridized carbons (Fsp3) is 0.667. The average Bonchev–Trinajstić information content (AvgIpc) is 2.24. The summed E-state index contributed by atoms with van der Waals surface area (Å²) in [5.74, 6) is 0. The monoisotopic (exact) mass is 249 g/mol. The van der Waals surface area contributed by atoms with Crippen molar-refractivity contribution in [2.75, 3.05) is 25.5 Å². The van der Waals surface area contributed by atoms with Gasteiger partial charge in [0.2, 0.25) is 0 Å². The summed E-state index contributed by atoms with van der Waals surface area (Å²) in [6, 6.07) is 4.18. The van der Waals surface area contributed by atoms with Gasteiger partial charge in [-0.2, -0.15) is 0 Å². The molecule has 0 bridgehead atoms. The molecule has 0 radical (unpaired) electrons. The van der Waals surface area contributed by atoms with E-state index in [0.29, 0.717) is 5.41 Å². The molecule has 0 aliphatic rings. The van der Waals surface area contributed by atoms with Crippen molar-refractivity contribution in [3.8, 4) is 0 Å². The molecular formula is C15H27N3. The lowest BCUT2D eigenvalue weighted by atomic mass is 9.96. The highest BCUT2D eigenvalue weighted by atomic mass is 15.1. The van der Waals surface area contributed by atoms with E-state index in [-0.39, 0.29) is 0 Å². The van der Waals surface area contributed by atoms with Crippen LogP contribution in [0.2, 0.25) is 0 Å². The maximum absolute atomic E-state index is 4.44. The fourth-order valence-corrected chi connectivity index (χ4v) is 2.09. The maximum atomic E-state index is 4.44. The van der Waals surface area contributed by atoms with E-state index in [9.17, 15) is 0 Å². The lowest BCUT2D eigenvalue weighted by molar-refractivity contribution is 0.219. The zero-order chi connectivity index (χ0) is 13.6. The number of nitrogens with one attached hydrogen (secondary N) is 1. The molecule has 1 N–H and O–H groups in total. The van der Waals surface area contributed by atoms with Gasteiger partial charge in [0.1, 0.15) is 0 Å². The molecule has 0 aliphatic carbocycles. The van der Waals surface area contributed by atoms with Crippen LogP contribution >= 0.6 is 0 Å². The highest BCUT2D eigenvalue weighted by Gasteiger charge is 2.13. The minimum absolute atomic E-state index is 0.326. The second-order valence-corrected chi connectivity index (χ2v) is 6.20. The molecule has 0 aliphatic heterocycles. The predicted octanol–water partition coefficient (Wildman–Crippen LogP) is 3.38. The van der Waals surface area contributed by atoms with Gasteiger partial charge in [0.05, 0.1) is 5.69 Å². The van der Waals surface area contributed by atoms with Crippen molar-refractivity contribution in [2.45, 2.75) is 40.7 Å². The van der Waals surface area contributed by atoms with Crippen molar-refractivity contribution < 1.29 is 0 Å². The van der Waals surface area contributed by atoms with Crippen LogP contribution in [-0.2, 0) is 6.54 Å². The molecular weight excluding hydrogens is 222 g/mol. The van der Waals surface area contributed by atoms with Crippen molar-refractivity contribution in [3.63, 3.8) is 0 Å². The van der Waals surface area contributed by atoms with Gasteiger partial charge in [-0.25, -0.2) is 0 Å². The van der Waals surface area contributed by atoms with Crippen molar-refractivity contribution in [1.82, 2.24) is 9.88 Å². The van der Waals surface area contributed by atoms with Gasteiger partial charge in [-0.15, -0.1) is 0 Å². The van der Waals surface area contributed by atoms with Crippen molar-refractivity contribution in [1.29, 1.82) is 0 Å². The third-order valence-electron chi connectivity index (χ3n) is 2.57. The largest absolute Gasteiger partial charge is 0.385 e. The van der Waals surface area contributed by atoms with E-state index in [2.05, 4.69) is 56.0 Å². The number of nitrogens with zero attached hydrogens (tertiary/aromatic N) is 2. The van der Waals surface area contributed by atoms with Gasteiger partial charge in [-0.3, -0.25) is 4.98 Å². The van der Waals surface area contributed by atoms with Gasteiger partial charge in [0.25, 0.3) is 0 Å². The van der Waals surface area contributed by atoms with Gasteiger partial charge in [-0.1, -0.05) is 27.7 Å². The molecule has 3 nitrogen and oxygen atoms in total. The van der Waals surface area contributed by atoms with Gasteiger partial charge < -0.3 is 10.2 Å². The third kappa shape index (κ3) is 6.01. The fourth-order valence-electron chi connectivity index (χ4n) is 2.09. The first kappa shape index (κ1) is 15.0. The highest BCUT2D eigenvalue weighted by molar-refractivity contribution is 5.43. The molecule has 3 heteroatoms. The van der Waals surface area contributed by atoms with Crippen molar-refractivity contribution in [3.05, 3.63) is 24.0 Å². The zero-order valence-electron chi connectivity index (χ0n) is 12.5. The smallest absolute Gasteiger partial charge is 0.0564 e. The average molecular weight is 249 g/mol. The Bertz CT molecular complexity index is 355. The Hall–Kier alpha value is -1.09. The summed E-state index contributed by atoms with van der Waals surface area (Å²) >= 11 is 0. The number of rotatable bonds is 6. The van der Waals surface area contributed by atoms with Gasteiger partial charge in [-0.05, 0) is 31.0 Å². The van der Waals surface area contributed by atoms with Crippen LogP contribution in [0.4, 0.5) is 5.69 Å². The Morgan fingerprint density at radius 3 is 2.67 bits per heavy atom. The van der Waals surface area contributed by atoms with Crippen LogP contribution in [0.1, 0.15) is 39.8 Å². The minimum Gasteiger partial charge on any atom is -0.385 e. The van der Waals surface area contributed by atoms with E-state index in [1.165, 1.54) is 5.69 Å². The number of aromatic nitrogens is 1. The zero-order valence-corrected chi connectivity index (χ0v) is 12.5. The molecule has 0 aromatic carbocycles. The lowest BCUT2D eigenvalue weighted by Crippen LogP contribution is -2.29. The number of hydrogen-bond acceptors (Lipinski definition) is 3. The SMILES string of the molecule is CCCNc1ccnc(CN(C)CC(C)(C)C)c1. The maximum Gasteiger partial charge on any atom is 0.0564 e. The molecule has 0 unspecified atom stereocenters. The summed E-state index contributed by atoms with van der Waals surface area (Å²) in [4.78, 5) is 6.76. The lowest BCUT2D eigenvalue weighted by Gasteiger charge is -2.26. The Morgan fingerprint density at radius 2 is 2.06 bits per heavy atom. The topological polar surface area (TPSA) is 28.2 Å². The number of hydrogen-bond donors (Lipinski definition) is 1. The molecule has 18 heavy (non-hydrogen) atoms. The number of anilines is 1. The Balaban J connectivity index is 2.56. The molecule has 0 saturated heterocycles.